The van der Waals surface area contributed by atoms with Crippen molar-refractivity contribution in [2.45, 2.75) is 66.4 Å². The first kappa shape index (κ1) is 13.8. The monoisotopic (exact) mass is 224 g/mol. The molecule has 1 aliphatic carbocycles. The molecule has 0 aliphatic heterocycles. The Bertz CT molecular complexity index is 250. The number of aliphatic hydroxyl groups excluding tert-OH is 1. The fraction of sp³-hybridized carbons (Fsp3) is 0.867. The van der Waals surface area contributed by atoms with Gasteiger partial charge in [-0.3, -0.25) is 0 Å². The summed E-state index contributed by atoms with van der Waals surface area (Å²) in [4.78, 5) is 0. The zero-order valence-corrected chi connectivity index (χ0v) is 11.6. The Kier molecular flexibility index (Phi) is 4.61. The number of hydrogen-bond donors (Lipinski definition) is 1. The van der Waals surface area contributed by atoms with Crippen LogP contribution in [0.5, 0.6) is 0 Å². The maximum Gasteiger partial charge on any atom is 0.0537 e. The highest BCUT2D eigenvalue weighted by Gasteiger charge is 2.32. The van der Waals surface area contributed by atoms with Crippen molar-refractivity contribution in [3.63, 3.8) is 0 Å². The topological polar surface area (TPSA) is 20.2 Å². The van der Waals surface area contributed by atoms with Gasteiger partial charge in [0, 0.05) is 0 Å². The average molecular weight is 224 g/mol. The fourth-order valence-corrected chi connectivity index (χ4v) is 2.89. The van der Waals surface area contributed by atoms with Crippen LogP contribution >= 0.6 is 0 Å². The Morgan fingerprint density at radius 2 is 2.06 bits per heavy atom. The van der Waals surface area contributed by atoms with Gasteiger partial charge in [-0.1, -0.05) is 32.4 Å². The van der Waals surface area contributed by atoms with Crippen LogP contribution in [0.4, 0.5) is 0 Å². The minimum absolute atomic E-state index is 0.170. The van der Waals surface area contributed by atoms with Crippen molar-refractivity contribution in [1.29, 1.82) is 0 Å². The number of aliphatic hydroxyl groups is 1. The van der Waals surface area contributed by atoms with Crippen molar-refractivity contribution < 1.29 is 5.11 Å². The van der Waals surface area contributed by atoms with Crippen molar-refractivity contribution in [3.05, 3.63) is 11.6 Å². The molecule has 3 unspecified atom stereocenters. The Labute approximate surface area is 101 Å². The molecule has 0 radical (unpaired) electrons. The van der Waals surface area contributed by atoms with Gasteiger partial charge in [0.15, 0.2) is 0 Å². The molecule has 1 nitrogen and oxygen atoms in total. The standard InChI is InChI=1S/C15H28O/c1-11(13(3)16)8-9-14-12(2)7-6-10-15(14,4)5/h7,11,13-14,16H,6,8-10H2,1-5H3. The molecule has 0 spiro atoms. The van der Waals surface area contributed by atoms with E-state index >= 15 is 0 Å². The lowest BCUT2D eigenvalue weighted by molar-refractivity contribution is 0.116. The first-order valence-electron chi connectivity index (χ1n) is 6.69. The highest BCUT2D eigenvalue weighted by Crippen LogP contribution is 2.43. The van der Waals surface area contributed by atoms with E-state index in [0.717, 1.165) is 6.42 Å². The van der Waals surface area contributed by atoms with E-state index in [9.17, 15) is 5.11 Å². The van der Waals surface area contributed by atoms with Gasteiger partial charge in [-0.25, -0.2) is 0 Å². The summed E-state index contributed by atoms with van der Waals surface area (Å²) >= 11 is 0. The molecule has 0 aromatic rings. The summed E-state index contributed by atoms with van der Waals surface area (Å²) in [7, 11) is 0. The quantitative estimate of drug-likeness (QED) is 0.711. The highest BCUT2D eigenvalue weighted by atomic mass is 16.3. The molecule has 0 bridgehead atoms. The van der Waals surface area contributed by atoms with Crippen LogP contribution in [0.3, 0.4) is 0 Å². The van der Waals surface area contributed by atoms with Gasteiger partial charge in [0.2, 0.25) is 0 Å². The summed E-state index contributed by atoms with van der Waals surface area (Å²) in [6.45, 7) is 11.1. The maximum absolute atomic E-state index is 9.53. The largest absolute Gasteiger partial charge is 0.393 e. The molecule has 0 fully saturated rings. The Morgan fingerprint density at radius 3 is 2.56 bits per heavy atom. The molecule has 1 N–H and O–H groups in total. The molecule has 0 aromatic carbocycles. The van der Waals surface area contributed by atoms with E-state index in [1.807, 2.05) is 6.92 Å². The van der Waals surface area contributed by atoms with Crippen molar-refractivity contribution in [2.24, 2.45) is 17.3 Å². The van der Waals surface area contributed by atoms with Gasteiger partial charge in [0.1, 0.15) is 0 Å². The molecule has 0 saturated carbocycles. The molecule has 1 heteroatoms. The zero-order valence-electron chi connectivity index (χ0n) is 11.6. The lowest BCUT2D eigenvalue weighted by Crippen LogP contribution is -2.29. The lowest BCUT2D eigenvalue weighted by Gasteiger charge is -2.39. The second-order valence-corrected chi connectivity index (χ2v) is 6.32. The zero-order chi connectivity index (χ0) is 12.3. The lowest BCUT2D eigenvalue weighted by atomic mass is 9.66. The first-order valence-corrected chi connectivity index (χ1v) is 6.69. The van der Waals surface area contributed by atoms with Crippen LogP contribution in [-0.4, -0.2) is 11.2 Å². The molecule has 1 rings (SSSR count). The minimum atomic E-state index is -0.170. The van der Waals surface area contributed by atoms with E-state index in [4.69, 9.17) is 0 Å². The molecule has 16 heavy (non-hydrogen) atoms. The van der Waals surface area contributed by atoms with Gasteiger partial charge < -0.3 is 5.11 Å². The fourth-order valence-electron chi connectivity index (χ4n) is 2.89. The summed E-state index contributed by atoms with van der Waals surface area (Å²) < 4.78 is 0. The Morgan fingerprint density at radius 1 is 1.44 bits per heavy atom. The van der Waals surface area contributed by atoms with Gasteiger partial charge in [-0.15, -0.1) is 0 Å². The highest BCUT2D eigenvalue weighted by molar-refractivity contribution is 5.11. The normalized spacial score (nSPS) is 28.4. The summed E-state index contributed by atoms with van der Waals surface area (Å²) in [6.07, 6.45) is 7.14. The molecular weight excluding hydrogens is 196 g/mol. The van der Waals surface area contributed by atoms with E-state index in [-0.39, 0.29) is 6.10 Å². The van der Waals surface area contributed by atoms with E-state index in [0.29, 0.717) is 17.3 Å². The summed E-state index contributed by atoms with van der Waals surface area (Å²) in [5.41, 5.74) is 2.01. The maximum atomic E-state index is 9.53. The third kappa shape index (κ3) is 3.35. The smallest absolute Gasteiger partial charge is 0.0537 e. The predicted octanol–water partition coefficient (Wildman–Crippen LogP) is 4.17. The molecular formula is C15H28O. The number of hydrogen-bond acceptors (Lipinski definition) is 1. The van der Waals surface area contributed by atoms with Crippen LogP contribution in [0.1, 0.15) is 60.3 Å². The summed E-state index contributed by atoms with van der Waals surface area (Å²) in [5, 5.41) is 9.53. The molecule has 0 amide bonds. The third-order valence-electron chi connectivity index (χ3n) is 4.48. The third-order valence-corrected chi connectivity index (χ3v) is 4.48. The van der Waals surface area contributed by atoms with Crippen molar-refractivity contribution in [2.75, 3.05) is 0 Å². The van der Waals surface area contributed by atoms with Crippen molar-refractivity contribution >= 4 is 0 Å². The van der Waals surface area contributed by atoms with Gasteiger partial charge in [-0.05, 0) is 56.8 Å². The second kappa shape index (κ2) is 5.35. The Balaban J connectivity index is 2.57. The summed E-state index contributed by atoms with van der Waals surface area (Å²) in [6, 6.07) is 0. The number of allylic oxidation sites excluding steroid dienone is 2. The predicted molar refractivity (Wildman–Crippen MR) is 70.3 cm³/mol. The number of rotatable bonds is 4. The van der Waals surface area contributed by atoms with E-state index in [1.54, 1.807) is 5.57 Å². The Hall–Kier alpha value is -0.300. The molecule has 0 saturated heterocycles. The van der Waals surface area contributed by atoms with Gasteiger partial charge in [0.05, 0.1) is 6.10 Å². The van der Waals surface area contributed by atoms with Gasteiger partial charge >= 0.3 is 0 Å². The molecule has 0 heterocycles. The van der Waals surface area contributed by atoms with Crippen molar-refractivity contribution in [3.8, 4) is 0 Å². The van der Waals surface area contributed by atoms with E-state index in [1.165, 1.54) is 19.3 Å². The van der Waals surface area contributed by atoms with Crippen LogP contribution in [0.2, 0.25) is 0 Å². The molecule has 94 valence electrons. The van der Waals surface area contributed by atoms with E-state index in [2.05, 4.69) is 33.8 Å². The first-order chi connectivity index (χ1) is 7.34. The van der Waals surface area contributed by atoms with E-state index < -0.39 is 0 Å². The average Bonchev–Trinajstić information content (AvgIpc) is 2.15. The second-order valence-electron chi connectivity index (χ2n) is 6.32. The van der Waals surface area contributed by atoms with Gasteiger partial charge in [0.25, 0.3) is 0 Å². The van der Waals surface area contributed by atoms with Crippen molar-refractivity contribution in [1.82, 2.24) is 0 Å². The minimum Gasteiger partial charge on any atom is -0.393 e. The van der Waals surface area contributed by atoms with Crippen LogP contribution in [0, 0.1) is 17.3 Å². The van der Waals surface area contributed by atoms with Crippen LogP contribution in [-0.2, 0) is 0 Å². The van der Waals surface area contributed by atoms with Crippen LogP contribution < -0.4 is 0 Å². The van der Waals surface area contributed by atoms with Crippen LogP contribution in [0.25, 0.3) is 0 Å². The molecule has 0 aromatic heterocycles. The van der Waals surface area contributed by atoms with Gasteiger partial charge in [-0.2, -0.15) is 0 Å². The SMILES string of the molecule is CC1=CCCC(C)(C)C1CCC(C)C(C)O. The van der Waals surface area contributed by atoms with Crippen LogP contribution in [0.15, 0.2) is 11.6 Å². The molecule has 3 atom stereocenters. The molecule has 1 aliphatic rings. The summed E-state index contributed by atoms with van der Waals surface area (Å²) in [5.74, 6) is 1.13.